The maximum Gasteiger partial charge on any atom is 0.271 e. The molecule has 1 saturated carbocycles. The van der Waals surface area contributed by atoms with Gasteiger partial charge in [0, 0.05) is 36.4 Å². The molecule has 178 valence electrons. The molecule has 2 amide bonds. The third kappa shape index (κ3) is 4.04. The van der Waals surface area contributed by atoms with E-state index in [1.165, 1.54) is 12.8 Å². The van der Waals surface area contributed by atoms with Crippen molar-refractivity contribution < 1.29 is 14.3 Å². The van der Waals surface area contributed by atoms with Crippen molar-refractivity contribution in [3.05, 3.63) is 60.0 Å². The number of nitrogens with zero attached hydrogens (tertiary/aromatic N) is 3. The van der Waals surface area contributed by atoms with Crippen LogP contribution < -0.4 is 10.1 Å². The number of methoxy groups -OCH3 is 1. The minimum absolute atomic E-state index is 0.0907. The van der Waals surface area contributed by atoms with Gasteiger partial charge in [0.25, 0.3) is 5.91 Å². The predicted molar refractivity (Wildman–Crippen MR) is 131 cm³/mol. The van der Waals surface area contributed by atoms with Crippen molar-refractivity contribution in [1.29, 1.82) is 0 Å². The molecule has 0 bridgehead atoms. The average molecular weight is 461 g/mol. The van der Waals surface area contributed by atoms with E-state index in [4.69, 9.17) is 4.74 Å². The highest BCUT2D eigenvalue weighted by Crippen LogP contribution is 2.35. The minimum atomic E-state index is -1.04. The molecule has 2 aromatic heterocycles. The lowest BCUT2D eigenvalue weighted by atomic mass is 9.93. The van der Waals surface area contributed by atoms with E-state index in [2.05, 4.69) is 10.3 Å². The van der Waals surface area contributed by atoms with Gasteiger partial charge in [-0.15, -0.1) is 0 Å². The second-order valence-electron chi connectivity index (χ2n) is 9.73. The summed E-state index contributed by atoms with van der Waals surface area (Å²) in [6.45, 7) is 2.60. The largest absolute Gasteiger partial charge is 0.497 e. The number of nitrogens with one attached hydrogen (secondary N) is 1. The molecule has 0 unspecified atom stereocenters. The molecule has 1 aliphatic heterocycles. The lowest BCUT2D eigenvalue weighted by Crippen LogP contribution is -2.64. The Morgan fingerprint density at radius 1 is 1.18 bits per heavy atom. The highest BCUT2D eigenvalue weighted by Gasteiger charge is 2.48. The van der Waals surface area contributed by atoms with Crippen LogP contribution in [-0.2, 0) is 17.9 Å². The average Bonchev–Trinajstić information content (AvgIpc) is 3.01. The van der Waals surface area contributed by atoms with Gasteiger partial charge in [-0.25, -0.2) is 0 Å². The molecule has 34 heavy (non-hydrogen) atoms. The monoisotopic (exact) mass is 460 g/mol. The molecule has 0 radical (unpaired) electrons. The fraction of sp³-hybridized carbons (Fsp3) is 0.444. The normalized spacial score (nSPS) is 21.2. The van der Waals surface area contributed by atoms with Gasteiger partial charge in [0.2, 0.25) is 5.91 Å². The van der Waals surface area contributed by atoms with Crippen LogP contribution in [0.25, 0.3) is 10.9 Å². The molecule has 3 aromatic rings. The quantitative estimate of drug-likeness (QED) is 0.576. The number of rotatable bonds is 5. The van der Waals surface area contributed by atoms with E-state index in [1.54, 1.807) is 24.4 Å². The Morgan fingerprint density at radius 3 is 2.68 bits per heavy atom. The number of carbonyl (C=O) groups excluding carboxylic acids is 2. The molecule has 1 N–H and O–H groups in total. The van der Waals surface area contributed by atoms with E-state index in [0.29, 0.717) is 18.8 Å². The Kier molecular flexibility index (Phi) is 6.02. The van der Waals surface area contributed by atoms with Crippen molar-refractivity contribution in [2.45, 2.75) is 70.1 Å². The van der Waals surface area contributed by atoms with Crippen LogP contribution in [-0.4, -0.2) is 45.0 Å². The van der Waals surface area contributed by atoms with E-state index in [0.717, 1.165) is 47.9 Å². The van der Waals surface area contributed by atoms with Crippen molar-refractivity contribution in [1.82, 2.24) is 19.8 Å². The molecule has 7 heteroatoms. The van der Waals surface area contributed by atoms with E-state index >= 15 is 0 Å². The Morgan fingerprint density at radius 2 is 1.97 bits per heavy atom. The van der Waals surface area contributed by atoms with Crippen molar-refractivity contribution in [2.24, 2.45) is 0 Å². The summed E-state index contributed by atoms with van der Waals surface area (Å²) in [5.41, 5.74) is 1.35. The maximum absolute atomic E-state index is 13.9. The molecule has 1 fully saturated rings. The lowest BCUT2D eigenvalue weighted by molar-refractivity contribution is -0.134. The van der Waals surface area contributed by atoms with Gasteiger partial charge in [0.05, 0.1) is 19.2 Å². The zero-order valence-electron chi connectivity index (χ0n) is 19.9. The van der Waals surface area contributed by atoms with Crippen LogP contribution in [0.15, 0.2) is 48.8 Å². The van der Waals surface area contributed by atoms with Gasteiger partial charge in [-0.1, -0.05) is 31.7 Å². The zero-order chi connectivity index (χ0) is 23.7. The molecular formula is C27H32N4O3. The number of benzene rings is 1. The minimum Gasteiger partial charge on any atom is -0.497 e. The summed E-state index contributed by atoms with van der Waals surface area (Å²) in [5, 5.41) is 4.27. The van der Waals surface area contributed by atoms with E-state index in [1.807, 2.05) is 47.9 Å². The third-order valence-electron chi connectivity index (χ3n) is 7.38. The topological polar surface area (TPSA) is 76.5 Å². The van der Waals surface area contributed by atoms with Crippen molar-refractivity contribution >= 4 is 22.7 Å². The molecule has 0 saturated heterocycles. The van der Waals surface area contributed by atoms with Gasteiger partial charge in [0.15, 0.2) is 0 Å². The number of fused-ring (bicyclic) bond motifs is 3. The first-order valence-electron chi connectivity index (χ1n) is 12.2. The summed E-state index contributed by atoms with van der Waals surface area (Å²) in [4.78, 5) is 33.7. The number of hydrogen-bond donors (Lipinski definition) is 1. The molecule has 3 heterocycles. The number of aromatic nitrogens is 2. The molecule has 2 aliphatic rings. The van der Waals surface area contributed by atoms with Crippen LogP contribution >= 0.6 is 0 Å². The highest BCUT2D eigenvalue weighted by atomic mass is 16.5. The van der Waals surface area contributed by atoms with Crippen molar-refractivity contribution in [3.63, 3.8) is 0 Å². The first-order valence-corrected chi connectivity index (χ1v) is 12.2. The van der Waals surface area contributed by atoms with Gasteiger partial charge >= 0.3 is 0 Å². The fourth-order valence-corrected chi connectivity index (χ4v) is 5.34. The highest BCUT2D eigenvalue weighted by molar-refractivity contribution is 6.03. The third-order valence-corrected chi connectivity index (χ3v) is 7.38. The maximum atomic E-state index is 13.9. The number of pyridine rings is 1. The molecule has 1 atom stereocenters. The summed E-state index contributed by atoms with van der Waals surface area (Å²) < 4.78 is 7.41. The van der Waals surface area contributed by atoms with Crippen LogP contribution in [0.4, 0.5) is 0 Å². The van der Waals surface area contributed by atoms with Gasteiger partial charge in [-0.05, 0) is 49.6 Å². The first-order chi connectivity index (χ1) is 16.5. The van der Waals surface area contributed by atoms with Gasteiger partial charge in [-0.2, -0.15) is 0 Å². The second kappa shape index (κ2) is 9.12. The van der Waals surface area contributed by atoms with Crippen molar-refractivity contribution in [2.75, 3.05) is 7.11 Å². The SMILES string of the molecule is COc1ccc2cc3n(c2c1)C[C@@](C)(C(=O)NC1CCCCCC1)N(Cc1cccnc1)C3=O. The number of ether oxygens (including phenoxy) is 1. The Balaban J connectivity index is 1.55. The predicted octanol–water partition coefficient (Wildman–Crippen LogP) is 4.30. The number of carbonyl (C=O) groups is 2. The van der Waals surface area contributed by atoms with Crippen LogP contribution in [0.5, 0.6) is 5.75 Å². The van der Waals surface area contributed by atoms with Crippen LogP contribution in [0.2, 0.25) is 0 Å². The zero-order valence-corrected chi connectivity index (χ0v) is 19.9. The molecule has 0 spiro atoms. The van der Waals surface area contributed by atoms with Gasteiger partial charge in [0.1, 0.15) is 17.0 Å². The number of hydrogen-bond acceptors (Lipinski definition) is 4. The lowest BCUT2D eigenvalue weighted by Gasteiger charge is -2.44. The Labute approximate surface area is 200 Å². The van der Waals surface area contributed by atoms with Gasteiger partial charge in [-0.3, -0.25) is 14.6 Å². The van der Waals surface area contributed by atoms with Crippen molar-refractivity contribution in [3.8, 4) is 5.75 Å². The van der Waals surface area contributed by atoms with Gasteiger partial charge < -0.3 is 19.5 Å². The summed E-state index contributed by atoms with van der Waals surface area (Å²) in [6, 6.07) is 11.7. The standard InChI is InChI=1S/C27H32N4O3/c1-27(26(33)29-21-9-5-3-4-6-10-21)18-30-23-15-22(34-2)12-11-20(23)14-24(30)25(32)31(27)17-19-8-7-13-28-16-19/h7-8,11-16,21H,3-6,9-10,17-18H2,1-2H3,(H,29,33)/t27-/m0/s1. The molecule has 1 aliphatic carbocycles. The second-order valence-corrected chi connectivity index (χ2v) is 9.73. The molecular weight excluding hydrogens is 428 g/mol. The Bertz CT molecular complexity index is 1200. The van der Waals surface area contributed by atoms with E-state index in [-0.39, 0.29) is 17.9 Å². The molecule has 5 rings (SSSR count). The smallest absolute Gasteiger partial charge is 0.271 e. The summed E-state index contributed by atoms with van der Waals surface area (Å²) in [7, 11) is 1.63. The fourth-order valence-electron chi connectivity index (χ4n) is 5.34. The van der Waals surface area contributed by atoms with E-state index in [9.17, 15) is 9.59 Å². The van der Waals surface area contributed by atoms with Crippen LogP contribution in [0.3, 0.4) is 0 Å². The molecule has 1 aromatic carbocycles. The number of amides is 2. The summed E-state index contributed by atoms with van der Waals surface area (Å²) >= 11 is 0. The molecule has 7 nitrogen and oxygen atoms in total. The summed E-state index contributed by atoms with van der Waals surface area (Å²) in [6.07, 6.45) is 10.2. The van der Waals surface area contributed by atoms with Crippen LogP contribution in [0.1, 0.15) is 61.5 Å². The Hall–Kier alpha value is -3.35. The summed E-state index contributed by atoms with van der Waals surface area (Å²) in [5.74, 6) is 0.485. The van der Waals surface area contributed by atoms with E-state index < -0.39 is 5.54 Å². The first kappa shape index (κ1) is 22.4. The van der Waals surface area contributed by atoms with Crippen LogP contribution in [0, 0.1) is 0 Å².